The molecule has 0 aliphatic carbocycles. The van der Waals surface area contributed by atoms with Gasteiger partial charge < -0.3 is 4.90 Å². The number of thiophene rings is 1. The van der Waals surface area contributed by atoms with Gasteiger partial charge in [-0.2, -0.15) is 5.10 Å². The average Bonchev–Trinajstić information content (AvgIpc) is 3.04. The van der Waals surface area contributed by atoms with Crippen LogP contribution in [0, 0.1) is 6.92 Å². The van der Waals surface area contributed by atoms with Gasteiger partial charge in [-0.15, -0.1) is 11.3 Å². The van der Waals surface area contributed by atoms with Crippen LogP contribution in [0.1, 0.15) is 20.9 Å². The first-order chi connectivity index (χ1) is 10.0. The van der Waals surface area contributed by atoms with Gasteiger partial charge >= 0.3 is 0 Å². The Labute approximate surface area is 134 Å². The van der Waals surface area contributed by atoms with Crippen molar-refractivity contribution in [1.29, 1.82) is 0 Å². The Bertz CT molecular complexity index is 808. The third-order valence-electron chi connectivity index (χ3n) is 3.28. The average molecular weight is 364 g/mol. The predicted molar refractivity (Wildman–Crippen MR) is 88.6 cm³/mol. The van der Waals surface area contributed by atoms with Gasteiger partial charge in [0.15, 0.2) is 5.69 Å². The number of nitrogens with one attached hydrogen (secondary N) is 1. The lowest BCUT2D eigenvalue weighted by Crippen LogP contribution is -2.26. The summed E-state index contributed by atoms with van der Waals surface area (Å²) in [4.78, 5) is 15.4. The van der Waals surface area contributed by atoms with Gasteiger partial charge in [-0.25, -0.2) is 0 Å². The summed E-state index contributed by atoms with van der Waals surface area (Å²) in [5.74, 6) is -0.0728. The number of halogens is 1. The molecule has 2 aromatic heterocycles. The number of amides is 1. The highest BCUT2D eigenvalue weighted by Crippen LogP contribution is 2.23. The number of rotatable bonds is 3. The maximum absolute atomic E-state index is 12.6. The number of nitrogens with zero attached hydrogens (tertiary/aromatic N) is 2. The maximum Gasteiger partial charge on any atom is 0.275 e. The molecule has 1 aromatic carbocycles. The van der Waals surface area contributed by atoms with Crippen LogP contribution < -0.4 is 0 Å². The second-order valence-corrected chi connectivity index (χ2v) is 6.93. The van der Waals surface area contributed by atoms with Gasteiger partial charge in [0.2, 0.25) is 0 Å². The lowest BCUT2D eigenvalue weighted by Gasteiger charge is -2.14. The summed E-state index contributed by atoms with van der Waals surface area (Å²) in [5.41, 5.74) is 2.48. The molecule has 1 N–H and O–H groups in total. The number of aryl methyl sites for hydroxylation is 1. The van der Waals surface area contributed by atoms with Crippen molar-refractivity contribution in [1.82, 2.24) is 15.1 Å². The van der Waals surface area contributed by atoms with E-state index in [4.69, 9.17) is 0 Å². The fraction of sp³-hybridized carbons (Fsp3) is 0.200. The second kappa shape index (κ2) is 5.61. The van der Waals surface area contributed by atoms with Crippen LogP contribution in [0.4, 0.5) is 0 Å². The zero-order valence-electron chi connectivity index (χ0n) is 11.7. The van der Waals surface area contributed by atoms with Gasteiger partial charge in [0.05, 0.1) is 12.1 Å². The molecule has 0 aliphatic rings. The van der Waals surface area contributed by atoms with E-state index < -0.39 is 0 Å². The number of hydrogen-bond donors (Lipinski definition) is 1. The van der Waals surface area contributed by atoms with Crippen LogP contribution in [0.15, 0.2) is 34.1 Å². The molecule has 21 heavy (non-hydrogen) atoms. The molecule has 6 heteroatoms. The Morgan fingerprint density at radius 1 is 1.43 bits per heavy atom. The molecule has 0 saturated carbocycles. The Balaban J connectivity index is 1.87. The Hall–Kier alpha value is -1.66. The predicted octanol–water partition coefficient (Wildman–Crippen LogP) is 3.97. The summed E-state index contributed by atoms with van der Waals surface area (Å²) in [5, 5.41) is 9.99. The zero-order valence-corrected chi connectivity index (χ0v) is 14.1. The minimum absolute atomic E-state index is 0.0728. The number of H-pyrrole nitrogens is 1. The topological polar surface area (TPSA) is 49.0 Å². The highest BCUT2D eigenvalue weighted by Gasteiger charge is 2.18. The molecule has 3 aromatic rings. The highest BCUT2D eigenvalue weighted by molar-refractivity contribution is 9.10. The summed E-state index contributed by atoms with van der Waals surface area (Å²) in [6.45, 7) is 2.59. The number of carbonyl (C=O) groups excluding carboxylic acids is 1. The third kappa shape index (κ3) is 2.87. The normalized spacial score (nSPS) is 11.0. The van der Waals surface area contributed by atoms with Crippen molar-refractivity contribution in [2.45, 2.75) is 13.5 Å². The van der Waals surface area contributed by atoms with Crippen molar-refractivity contribution in [3.05, 3.63) is 50.3 Å². The van der Waals surface area contributed by atoms with E-state index in [1.54, 1.807) is 23.3 Å². The van der Waals surface area contributed by atoms with Gasteiger partial charge in [0.1, 0.15) is 0 Å². The zero-order chi connectivity index (χ0) is 15.0. The van der Waals surface area contributed by atoms with E-state index in [1.165, 1.54) is 0 Å². The van der Waals surface area contributed by atoms with E-state index >= 15 is 0 Å². The Kier molecular flexibility index (Phi) is 3.82. The Morgan fingerprint density at radius 2 is 2.24 bits per heavy atom. The molecule has 0 atom stereocenters. The van der Waals surface area contributed by atoms with Crippen molar-refractivity contribution in [3.8, 4) is 0 Å². The van der Waals surface area contributed by atoms with Crippen molar-refractivity contribution in [3.63, 3.8) is 0 Å². The number of aromatic amines is 1. The van der Waals surface area contributed by atoms with Gasteiger partial charge in [-0.1, -0.05) is 11.6 Å². The van der Waals surface area contributed by atoms with E-state index in [9.17, 15) is 4.79 Å². The fourth-order valence-electron chi connectivity index (χ4n) is 2.21. The molecule has 108 valence electrons. The van der Waals surface area contributed by atoms with E-state index in [0.717, 1.165) is 25.8 Å². The molecule has 4 nitrogen and oxygen atoms in total. The first-order valence-corrected chi connectivity index (χ1v) is 8.15. The van der Waals surface area contributed by atoms with Gasteiger partial charge in [0, 0.05) is 27.2 Å². The molecule has 0 bridgehead atoms. The van der Waals surface area contributed by atoms with Crippen LogP contribution in [0.5, 0.6) is 0 Å². The van der Waals surface area contributed by atoms with Crippen LogP contribution in [0.2, 0.25) is 0 Å². The highest BCUT2D eigenvalue weighted by atomic mass is 79.9. The van der Waals surface area contributed by atoms with Crippen LogP contribution in [0.3, 0.4) is 0 Å². The summed E-state index contributed by atoms with van der Waals surface area (Å²) >= 11 is 5.06. The number of benzene rings is 1. The lowest BCUT2D eigenvalue weighted by atomic mass is 10.1. The first-order valence-electron chi connectivity index (χ1n) is 6.47. The second-order valence-electron chi connectivity index (χ2n) is 5.01. The minimum atomic E-state index is -0.0728. The van der Waals surface area contributed by atoms with E-state index in [-0.39, 0.29) is 5.91 Å². The van der Waals surface area contributed by atoms with E-state index in [1.807, 2.05) is 36.6 Å². The molecular weight excluding hydrogens is 350 g/mol. The fourth-order valence-corrected chi connectivity index (χ4v) is 3.72. The van der Waals surface area contributed by atoms with E-state index in [2.05, 4.69) is 26.1 Å². The van der Waals surface area contributed by atoms with Crippen LogP contribution in [0.25, 0.3) is 10.9 Å². The summed E-state index contributed by atoms with van der Waals surface area (Å²) in [7, 11) is 1.80. The maximum atomic E-state index is 12.6. The largest absolute Gasteiger partial charge is 0.335 e. The van der Waals surface area contributed by atoms with Crippen LogP contribution in [-0.2, 0) is 6.54 Å². The van der Waals surface area contributed by atoms with Crippen molar-refractivity contribution < 1.29 is 4.79 Å². The number of aromatic nitrogens is 2. The van der Waals surface area contributed by atoms with Crippen LogP contribution >= 0.6 is 27.3 Å². The first kappa shape index (κ1) is 14.3. The molecular formula is C15H14BrN3OS. The lowest BCUT2D eigenvalue weighted by molar-refractivity contribution is 0.0782. The quantitative estimate of drug-likeness (QED) is 0.765. The summed E-state index contributed by atoms with van der Waals surface area (Å²) < 4.78 is 1.05. The molecule has 0 spiro atoms. The molecule has 1 amide bonds. The monoisotopic (exact) mass is 363 g/mol. The van der Waals surface area contributed by atoms with Crippen molar-refractivity contribution in [2.24, 2.45) is 0 Å². The van der Waals surface area contributed by atoms with Crippen molar-refractivity contribution >= 4 is 44.1 Å². The van der Waals surface area contributed by atoms with Crippen LogP contribution in [-0.4, -0.2) is 28.1 Å². The minimum Gasteiger partial charge on any atom is -0.335 e. The molecule has 0 saturated heterocycles. The van der Waals surface area contributed by atoms with Gasteiger partial charge in [-0.05, 0) is 41.1 Å². The summed E-state index contributed by atoms with van der Waals surface area (Å²) in [6.07, 6.45) is 0. The number of hydrogen-bond acceptors (Lipinski definition) is 3. The molecule has 0 unspecified atom stereocenters. The SMILES string of the molecule is Cc1ccc2[nH]nc(C(=O)N(C)Cc3cc(Br)cs3)c2c1. The number of fused-ring (bicyclic) bond motifs is 1. The van der Waals surface area contributed by atoms with Crippen molar-refractivity contribution in [2.75, 3.05) is 7.05 Å². The molecule has 3 rings (SSSR count). The smallest absolute Gasteiger partial charge is 0.275 e. The molecule has 2 heterocycles. The molecule has 0 radical (unpaired) electrons. The standard InChI is InChI=1S/C15H14BrN3OS/c1-9-3-4-13-12(5-9)14(18-17-13)15(20)19(2)7-11-6-10(16)8-21-11/h3-6,8H,7H2,1-2H3,(H,17,18). The number of carbonyl (C=O) groups is 1. The Morgan fingerprint density at radius 3 is 2.95 bits per heavy atom. The summed E-state index contributed by atoms with van der Waals surface area (Å²) in [6, 6.07) is 7.97. The van der Waals surface area contributed by atoms with Gasteiger partial charge in [-0.3, -0.25) is 9.89 Å². The molecule has 0 fully saturated rings. The van der Waals surface area contributed by atoms with Gasteiger partial charge in [0.25, 0.3) is 5.91 Å². The molecule has 0 aliphatic heterocycles. The third-order valence-corrected chi connectivity index (χ3v) is 4.96. The van der Waals surface area contributed by atoms with E-state index in [0.29, 0.717) is 12.2 Å².